The lowest BCUT2D eigenvalue weighted by Gasteiger charge is -2.17. The molecule has 0 saturated heterocycles. The number of benzene rings is 1. The molecule has 0 aliphatic carbocycles. The second-order valence-electron chi connectivity index (χ2n) is 3.03. The van der Waals surface area contributed by atoms with Crippen molar-refractivity contribution in [1.82, 2.24) is 10.1 Å². The standard InChI is InChI=1S/C10H9N3O/c1-2-4-10-9(3-1)5-7-12(10)13-11-6-8-14-13/h1-8,11H. The fourth-order valence-electron chi connectivity index (χ4n) is 1.55. The maximum Gasteiger partial charge on any atom is 0.141 e. The smallest absolute Gasteiger partial charge is 0.141 e. The van der Waals surface area contributed by atoms with Crippen LogP contribution in [0.2, 0.25) is 0 Å². The summed E-state index contributed by atoms with van der Waals surface area (Å²) in [7, 11) is 0. The first-order valence-electron chi connectivity index (χ1n) is 4.40. The SMILES string of the molecule is C1=CON(n2ccc3ccccc32)N1. The van der Waals surface area contributed by atoms with E-state index in [4.69, 9.17) is 4.84 Å². The molecule has 0 amide bonds. The molecule has 1 aromatic heterocycles. The molecule has 2 heterocycles. The van der Waals surface area contributed by atoms with Gasteiger partial charge >= 0.3 is 0 Å². The van der Waals surface area contributed by atoms with Crippen LogP contribution in [0.3, 0.4) is 0 Å². The molecule has 4 heteroatoms. The highest BCUT2D eigenvalue weighted by Gasteiger charge is 2.09. The van der Waals surface area contributed by atoms with Crippen LogP contribution in [0.1, 0.15) is 0 Å². The third-order valence-corrected chi connectivity index (χ3v) is 2.19. The molecule has 0 fully saturated rings. The number of nitrogens with zero attached hydrogens (tertiary/aromatic N) is 2. The summed E-state index contributed by atoms with van der Waals surface area (Å²) in [4.78, 5) is 5.21. The zero-order chi connectivity index (χ0) is 9.38. The largest absolute Gasteiger partial charge is 0.350 e. The Morgan fingerprint density at radius 2 is 2.07 bits per heavy atom. The zero-order valence-electron chi connectivity index (χ0n) is 7.42. The van der Waals surface area contributed by atoms with Crippen molar-refractivity contribution in [3.8, 4) is 0 Å². The van der Waals surface area contributed by atoms with E-state index < -0.39 is 0 Å². The van der Waals surface area contributed by atoms with Crippen LogP contribution in [-0.4, -0.2) is 4.68 Å². The maximum absolute atomic E-state index is 5.21. The molecule has 0 radical (unpaired) electrons. The summed E-state index contributed by atoms with van der Waals surface area (Å²) in [6.07, 6.45) is 5.27. The van der Waals surface area contributed by atoms with Gasteiger partial charge in [0, 0.05) is 11.6 Å². The van der Waals surface area contributed by atoms with Crippen molar-refractivity contribution in [3.63, 3.8) is 0 Å². The number of rotatable bonds is 1. The van der Waals surface area contributed by atoms with Crippen LogP contribution in [0.25, 0.3) is 10.9 Å². The molecule has 1 aliphatic heterocycles. The molecular weight excluding hydrogens is 178 g/mol. The molecule has 0 saturated carbocycles. The minimum absolute atomic E-state index is 1.10. The number of nitrogens with one attached hydrogen (secondary N) is 1. The lowest BCUT2D eigenvalue weighted by atomic mass is 10.3. The lowest BCUT2D eigenvalue weighted by Crippen LogP contribution is -2.38. The van der Waals surface area contributed by atoms with Gasteiger partial charge in [-0.3, -0.25) is 5.43 Å². The number of aromatic nitrogens is 1. The van der Waals surface area contributed by atoms with E-state index in [0.29, 0.717) is 0 Å². The molecule has 1 aromatic carbocycles. The van der Waals surface area contributed by atoms with Gasteiger partial charge in [-0.2, -0.15) is 0 Å². The maximum atomic E-state index is 5.21. The summed E-state index contributed by atoms with van der Waals surface area (Å²) in [5.74, 6) is 0. The van der Waals surface area contributed by atoms with Crippen LogP contribution in [0.4, 0.5) is 0 Å². The highest BCUT2D eigenvalue weighted by molar-refractivity contribution is 5.80. The highest BCUT2D eigenvalue weighted by Crippen LogP contribution is 2.15. The van der Waals surface area contributed by atoms with Crippen molar-refractivity contribution in [1.29, 1.82) is 0 Å². The van der Waals surface area contributed by atoms with Crippen LogP contribution in [0, 0.1) is 0 Å². The van der Waals surface area contributed by atoms with E-state index >= 15 is 0 Å². The Bertz CT molecular complexity index is 481. The van der Waals surface area contributed by atoms with Crippen LogP contribution >= 0.6 is 0 Å². The highest BCUT2D eigenvalue weighted by atomic mass is 16.7. The van der Waals surface area contributed by atoms with Gasteiger partial charge in [0.2, 0.25) is 0 Å². The Balaban J connectivity index is 2.12. The molecule has 1 N–H and O–H groups in total. The van der Waals surface area contributed by atoms with Gasteiger partial charge in [0.1, 0.15) is 6.26 Å². The van der Waals surface area contributed by atoms with E-state index in [2.05, 4.69) is 11.5 Å². The number of para-hydroxylation sites is 1. The second-order valence-corrected chi connectivity index (χ2v) is 3.03. The predicted octanol–water partition coefficient (Wildman–Crippen LogP) is 1.50. The Morgan fingerprint density at radius 3 is 2.93 bits per heavy atom. The van der Waals surface area contributed by atoms with Crippen molar-refractivity contribution in [2.75, 3.05) is 5.28 Å². The van der Waals surface area contributed by atoms with Gasteiger partial charge in [-0.15, -0.1) is 0 Å². The summed E-state index contributed by atoms with van der Waals surface area (Å²) in [5.41, 5.74) is 4.05. The zero-order valence-corrected chi connectivity index (χ0v) is 7.42. The fourth-order valence-corrected chi connectivity index (χ4v) is 1.55. The minimum Gasteiger partial charge on any atom is -0.350 e. The molecule has 70 valence electrons. The molecule has 2 aromatic rings. The van der Waals surface area contributed by atoms with Crippen molar-refractivity contribution < 1.29 is 4.84 Å². The molecule has 0 atom stereocenters. The summed E-state index contributed by atoms with van der Waals surface area (Å²) in [6.45, 7) is 0. The Labute approximate surface area is 80.9 Å². The van der Waals surface area contributed by atoms with Crippen LogP contribution in [-0.2, 0) is 4.84 Å². The second kappa shape index (κ2) is 2.70. The van der Waals surface area contributed by atoms with E-state index in [9.17, 15) is 0 Å². The van der Waals surface area contributed by atoms with Crippen LogP contribution in [0.15, 0.2) is 49.0 Å². The molecule has 0 unspecified atom stereocenters. The van der Waals surface area contributed by atoms with E-state index in [1.54, 1.807) is 17.7 Å². The molecule has 0 bridgehead atoms. The normalized spacial score (nSPS) is 14.4. The van der Waals surface area contributed by atoms with Gasteiger partial charge in [-0.05, 0) is 17.4 Å². The predicted molar refractivity (Wildman–Crippen MR) is 53.5 cm³/mol. The number of hydrogen-bond donors (Lipinski definition) is 1. The number of fused-ring (bicyclic) bond motifs is 1. The van der Waals surface area contributed by atoms with E-state index in [1.807, 2.05) is 35.1 Å². The average molecular weight is 187 g/mol. The first kappa shape index (κ1) is 7.32. The number of hydrazine groups is 1. The first-order valence-corrected chi connectivity index (χ1v) is 4.40. The topological polar surface area (TPSA) is 29.4 Å². The van der Waals surface area contributed by atoms with Gasteiger partial charge < -0.3 is 4.84 Å². The fraction of sp³-hybridized carbons (Fsp3) is 0. The summed E-state index contributed by atoms with van der Waals surface area (Å²) in [5, 5.41) is 2.74. The van der Waals surface area contributed by atoms with Gasteiger partial charge in [0.05, 0.1) is 11.7 Å². The van der Waals surface area contributed by atoms with Crippen molar-refractivity contribution in [2.45, 2.75) is 0 Å². The quantitative estimate of drug-likeness (QED) is 0.733. The molecule has 14 heavy (non-hydrogen) atoms. The minimum atomic E-state index is 1.10. The van der Waals surface area contributed by atoms with Crippen molar-refractivity contribution in [2.24, 2.45) is 0 Å². The van der Waals surface area contributed by atoms with E-state index in [-0.39, 0.29) is 0 Å². The monoisotopic (exact) mass is 187 g/mol. The van der Waals surface area contributed by atoms with Gasteiger partial charge in [-0.25, -0.2) is 4.68 Å². The number of hydrogen-bond acceptors (Lipinski definition) is 3. The van der Waals surface area contributed by atoms with Gasteiger partial charge in [0.25, 0.3) is 0 Å². The van der Waals surface area contributed by atoms with Gasteiger partial charge in [0.15, 0.2) is 0 Å². The lowest BCUT2D eigenvalue weighted by molar-refractivity contribution is 0.149. The summed E-state index contributed by atoms with van der Waals surface area (Å²) < 4.78 is 1.90. The molecular formula is C10H9N3O. The first-order chi connectivity index (χ1) is 6.95. The van der Waals surface area contributed by atoms with E-state index in [1.165, 1.54) is 5.39 Å². The van der Waals surface area contributed by atoms with Crippen LogP contribution < -0.4 is 10.7 Å². The van der Waals surface area contributed by atoms with Crippen molar-refractivity contribution in [3.05, 3.63) is 49.0 Å². The third kappa shape index (κ3) is 0.939. The van der Waals surface area contributed by atoms with Crippen molar-refractivity contribution >= 4 is 10.9 Å². The molecule has 3 rings (SSSR count). The van der Waals surface area contributed by atoms with Crippen LogP contribution in [0.5, 0.6) is 0 Å². The third-order valence-electron chi connectivity index (χ3n) is 2.19. The average Bonchev–Trinajstić information content (AvgIpc) is 2.85. The molecule has 1 aliphatic rings. The molecule has 0 spiro atoms. The Hall–Kier alpha value is -2.10. The Kier molecular flexibility index (Phi) is 1.41. The molecule has 4 nitrogen and oxygen atoms in total. The Morgan fingerprint density at radius 1 is 1.14 bits per heavy atom. The summed E-state index contributed by atoms with van der Waals surface area (Å²) in [6, 6.07) is 10.2. The van der Waals surface area contributed by atoms with Gasteiger partial charge in [-0.1, -0.05) is 18.2 Å². The van der Waals surface area contributed by atoms with E-state index in [0.717, 1.165) is 5.52 Å². The summed E-state index contributed by atoms with van der Waals surface area (Å²) >= 11 is 0.